The molecule has 0 spiro atoms. The van der Waals surface area contributed by atoms with Crippen molar-refractivity contribution in [1.82, 2.24) is 25.0 Å². The summed E-state index contributed by atoms with van der Waals surface area (Å²) in [6, 6.07) is 3.79. The van der Waals surface area contributed by atoms with Crippen molar-refractivity contribution >= 4 is 21.6 Å². The van der Waals surface area contributed by atoms with E-state index in [1.54, 1.807) is 13.2 Å². The number of halogens is 1. The molecule has 0 amide bonds. The summed E-state index contributed by atoms with van der Waals surface area (Å²) in [7, 11) is 1.72. The van der Waals surface area contributed by atoms with Gasteiger partial charge in [0.15, 0.2) is 0 Å². The maximum atomic E-state index is 6.32. The first kappa shape index (κ1) is 18.7. The van der Waals surface area contributed by atoms with E-state index >= 15 is 0 Å². The average molecular weight is 422 g/mol. The molecular formula is C17H24BrN7O. The molecule has 1 aliphatic carbocycles. The molecule has 4 N–H and O–H groups in total. The molecule has 1 saturated carbocycles. The maximum Gasteiger partial charge on any atom is 0.253 e. The molecule has 0 unspecified atom stereocenters. The van der Waals surface area contributed by atoms with Crippen molar-refractivity contribution in [2.24, 2.45) is 17.5 Å². The van der Waals surface area contributed by atoms with Gasteiger partial charge < -0.3 is 15.5 Å². The van der Waals surface area contributed by atoms with E-state index in [9.17, 15) is 0 Å². The summed E-state index contributed by atoms with van der Waals surface area (Å²) in [6.45, 7) is 3.11. The first-order valence-corrected chi connectivity index (χ1v) is 9.43. The summed E-state index contributed by atoms with van der Waals surface area (Å²) in [4.78, 5) is 4.59. The van der Waals surface area contributed by atoms with E-state index in [4.69, 9.17) is 16.3 Å². The van der Waals surface area contributed by atoms with Crippen LogP contribution >= 0.6 is 15.9 Å². The fourth-order valence-electron chi connectivity index (χ4n) is 2.54. The Morgan fingerprint density at radius 3 is 2.85 bits per heavy atom. The number of rotatable bonds is 8. The van der Waals surface area contributed by atoms with E-state index in [1.807, 2.05) is 23.7 Å². The summed E-state index contributed by atoms with van der Waals surface area (Å²) in [5, 5.41) is 9.58. The van der Waals surface area contributed by atoms with E-state index in [-0.39, 0.29) is 6.61 Å². The Morgan fingerprint density at radius 1 is 1.42 bits per heavy atom. The van der Waals surface area contributed by atoms with Gasteiger partial charge in [0.05, 0.1) is 29.0 Å². The standard InChI is InChI=1S/C17H24BrN7O/c1-3-13-12(18)6-7-14(21-13)17(19)15(24(2)20)10-26-16-9-25(23-22-16)8-11-4-5-11/h6-7,9,11H,3-5,8,10,19-20H2,1-2H3/b17-15-. The number of aryl methyl sites for hydroxylation is 1. The predicted molar refractivity (Wildman–Crippen MR) is 103 cm³/mol. The first-order chi connectivity index (χ1) is 12.5. The number of pyridine rings is 1. The molecule has 140 valence electrons. The predicted octanol–water partition coefficient (Wildman–Crippen LogP) is 1.92. The lowest BCUT2D eigenvalue weighted by Gasteiger charge is -2.19. The van der Waals surface area contributed by atoms with E-state index in [2.05, 4.69) is 31.2 Å². The zero-order chi connectivity index (χ0) is 18.7. The Kier molecular flexibility index (Phi) is 5.77. The number of aromatic nitrogens is 4. The summed E-state index contributed by atoms with van der Waals surface area (Å²) in [5.74, 6) is 7.13. The topological polar surface area (TPSA) is 108 Å². The lowest BCUT2D eigenvalue weighted by atomic mass is 10.2. The van der Waals surface area contributed by atoms with Gasteiger partial charge in [0.2, 0.25) is 0 Å². The van der Waals surface area contributed by atoms with Crippen molar-refractivity contribution < 1.29 is 4.74 Å². The van der Waals surface area contributed by atoms with Crippen LogP contribution in [0.5, 0.6) is 5.88 Å². The zero-order valence-corrected chi connectivity index (χ0v) is 16.6. The second-order valence-electron chi connectivity index (χ2n) is 6.46. The van der Waals surface area contributed by atoms with Crippen LogP contribution in [0.25, 0.3) is 5.70 Å². The van der Waals surface area contributed by atoms with E-state index in [1.165, 1.54) is 17.9 Å². The third kappa shape index (κ3) is 4.53. The minimum Gasteiger partial charge on any atom is -0.469 e. The van der Waals surface area contributed by atoms with Crippen molar-refractivity contribution in [3.05, 3.63) is 39.9 Å². The smallest absolute Gasteiger partial charge is 0.253 e. The Bertz CT molecular complexity index is 798. The molecule has 2 heterocycles. The Labute approximate surface area is 161 Å². The zero-order valence-electron chi connectivity index (χ0n) is 15.0. The largest absolute Gasteiger partial charge is 0.469 e. The molecule has 0 aliphatic heterocycles. The van der Waals surface area contributed by atoms with Crippen molar-refractivity contribution in [2.45, 2.75) is 32.7 Å². The van der Waals surface area contributed by atoms with Crippen molar-refractivity contribution in [3.63, 3.8) is 0 Å². The van der Waals surface area contributed by atoms with Gasteiger partial charge in [-0.1, -0.05) is 17.2 Å². The van der Waals surface area contributed by atoms with Crippen LogP contribution in [0.1, 0.15) is 31.2 Å². The normalized spacial score (nSPS) is 14.9. The molecule has 0 saturated heterocycles. The molecule has 0 radical (unpaired) electrons. The fraction of sp³-hybridized carbons (Fsp3) is 0.471. The van der Waals surface area contributed by atoms with Gasteiger partial charge in [-0.15, -0.1) is 0 Å². The Balaban J connectivity index is 1.74. The van der Waals surface area contributed by atoms with Crippen LogP contribution in [0.4, 0.5) is 0 Å². The van der Waals surface area contributed by atoms with E-state index in [0.29, 0.717) is 23.0 Å². The summed E-state index contributed by atoms with van der Waals surface area (Å²) >= 11 is 3.49. The SMILES string of the molecule is CCc1nc(/C(N)=C(\COc2cn(CC3CC3)nn2)N(C)N)ccc1Br. The van der Waals surface area contributed by atoms with Crippen LogP contribution < -0.4 is 16.3 Å². The van der Waals surface area contributed by atoms with Crippen molar-refractivity contribution in [3.8, 4) is 5.88 Å². The lowest BCUT2D eigenvalue weighted by molar-refractivity contribution is 0.287. The third-order valence-electron chi connectivity index (χ3n) is 4.28. The van der Waals surface area contributed by atoms with Crippen LogP contribution in [0.3, 0.4) is 0 Å². The first-order valence-electron chi connectivity index (χ1n) is 8.63. The van der Waals surface area contributed by atoms with Gasteiger partial charge in [-0.3, -0.25) is 4.98 Å². The number of hydrogen-bond acceptors (Lipinski definition) is 7. The Hall–Kier alpha value is -2.13. The molecule has 9 heteroatoms. The van der Waals surface area contributed by atoms with Crippen LogP contribution in [0.15, 0.2) is 28.5 Å². The van der Waals surface area contributed by atoms with Gasteiger partial charge in [-0.25, -0.2) is 10.5 Å². The highest BCUT2D eigenvalue weighted by molar-refractivity contribution is 9.10. The molecule has 8 nitrogen and oxygen atoms in total. The van der Waals surface area contributed by atoms with Crippen LogP contribution in [-0.4, -0.2) is 38.6 Å². The monoisotopic (exact) mass is 421 g/mol. The minimum absolute atomic E-state index is 0.181. The van der Waals surface area contributed by atoms with E-state index < -0.39 is 0 Å². The summed E-state index contributed by atoms with van der Waals surface area (Å²) < 4.78 is 8.52. The third-order valence-corrected chi connectivity index (χ3v) is 5.00. The lowest BCUT2D eigenvalue weighted by Crippen LogP contribution is -2.31. The number of hydrazine groups is 1. The fourth-order valence-corrected chi connectivity index (χ4v) is 3.04. The van der Waals surface area contributed by atoms with Crippen LogP contribution in [0, 0.1) is 5.92 Å². The molecule has 0 bridgehead atoms. The van der Waals surface area contributed by atoms with Crippen molar-refractivity contribution in [2.75, 3.05) is 13.7 Å². The number of nitrogens with zero attached hydrogens (tertiary/aromatic N) is 5. The average Bonchev–Trinajstić information content (AvgIpc) is 3.32. The van der Waals surface area contributed by atoms with Crippen LogP contribution in [-0.2, 0) is 13.0 Å². The van der Waals surface area contributed by atoms with Gasteiger partial charge in [0.1, 0.15) is 6.61 Å². The maximum absolute atomic E-state index is 6.32. The molecule has 2 aromatic heterocycles. The molecule has 0 atom stereocenters. The van der Waals surface area contributed by atoms with Gasteiger partial charge >= 0.3 is 0 Å². The molecular weight excluding hydrogens is 398 g/mol. The van der Waals surface area contributed by atoms with E-state index in [0.717, 1.165) is 29.1 Å². The molecule has 3 rings (SSSR count). The number of likely N-dealkylation sites (N-methyl/N-ethyl adjacent to an activating group) is 1. The van der Waals surface area contributed by atoms with Crippen molar-refractivity contribution in [1.29, 1.82) is 0 Å². The molecule has 2 aromatic rings. The highest BCUT2D eigenvalue weighted by Gasteiger charge is 2.22. The highest BCUT2D eigenvalue weighted by atomic mass is 79.9. The number of ether oxygens (including phenoxy) is 1. The molecule has 1 fully saturated rings. The molecule has 26 heavy (non-hydrogen) atoms. The van der Waals surface area contributed by atoms with Gasteiger partial charge in [-0.05, 0) is 53.2 Å². The quantitative estimate of drug-likeness (QED) is 0.494. The molecule has 0 aromatic carbocycles. The highest BCUT2D eigenvalue weighted by Crippen LogP contribution is 2.30. The molecule has 1 aliphatic rings. The van der Waals surface area contributed by atoms with Gasteiger partial charge in [0, 0.05) is 18.1 Å². The summed E-state index contributed by atoms with van der Waals surface area (Å²) in [5.41, 5.74) is 9.02. The van der Waals surface area contributed by atoms with Gasteiger partial charge in [-0.2, -0.15) is 0 Å². The van der Waals surface area contributed by atoms with Crippen LogP contribution in [0.2, 0.25) is 0 Å². The number of hydrogen-bond donors (Lipinski definition) is 2. The number of nitrogens with two attached hydrogens (primary N) is 2. The minimum atomic E-state index is 0.181. The Morgan fingerprint density at radius 2 is 2.19 bits per heavy atom. The second-order valence-corrected chi connectivity index (χ2v) is 7.32. The van der Waals surface area contributed by atoms with Gasteiger partial charge in [0.25, 0.3) is 5.88 Å². The summed E-state index contributed by atoms with van der Waals surface area (Å²) in [6.07, 6.45) is 5.13. The second kappa shape index (κ2) is 8.05.